The van der Waals surface area contributed by atoms with Gasteiger partial charge in [-0.15, -0.1) is 0 Å². The standard InChI is InChI=1S/C79H142O5/c1-3-5-7-9-11-13-15-17-19-21-23-25-27-29-31-33-35-36-37-38-39-40-41-42-44-46-48-50-52-54-56-58-60-62-64-66-68-70-72-74-79(82)84-77(75-80)76-83-78(81)73-71-69-67-65-63-61-59-57-55-53-51-49-47-45-43-34-32-30-28-26-24-22-20-18-16-14-12-10-8-6-4-2/h5,7,11,13,17,19,22-25,29,31,35-36,77,80H,3-4,6,8-10,12,14-16,18,20-21,26-28,30,32-34,37-76H2,1-2H3/b7-5-,13-11-,19-17-,24-22-,25-23-,31-29-,36-35-. The fraction of sp³-hybridized carbons (Fsp3) is 0.797. The van der Waals surface area contributed by atoms with E-state index in [0.717, 1.165) is 77.0 Å². The van der Waals surface area contributed by atoms with E-state index >= 15 is 0 Å². The Morgan fingerprint density at radius 3 is 0.786 bits per heavy atom. The molecule has 5 heteroatoms. The van der Waals surface area contributed by atoms with Crippen molar-refractivity contribution in [3.8, 4) is 0 Å². The van der Waals surface area contributed by atoms with Crippen LogP contribution in [0.4, 0.5) is 0 Å². The molecule has 0 aromatic rings. The fourth-order valence-corrected chi connectivity index (χ4v) is 11.1. The molecule has 84 heavy (non-hydrogen) atoms. The highest BCUT2D eigenvalue weighted by molar-refractivity contribution is 5.70. The second-order valence-electron chi connectivity index (χ2n) is 25.0. The van der Waals surface area contributed by atoms with Gasteiger partial charge in [0.05, 0.1) is 6.61 Å². The molecule has 0 aliphatic heterocycles. The summed E-state index contributed by atoms with van der Waals surface area (Å²) in [6.07, 6.45) is 105. The predicted octanol–water partition coefficient (Wildman–Crippen LogP) is 26.0. The summed E-state index contributed by atoms with van der Waals surface area (Å²) in [5.41, 5.74) is 0. The van der Waals surface area contributed by atoms with Gasteiger partial charge in [-0.1, -0.05) is 369 Å². The van der Waals surface area contributed by atoms with E-state index in [0.29, 0.717) is 12.8 Å². The highest BCUT2D eigenvalue weighted by Gasteiger charge is 2.16. The Balaban J connectivity index is 3.41. The number of unbranched alkanes of at least 4 members (excludes halogenated alkanes) is 47. The lowest BCUT2D eigenvalue weighted by Crippen LogP contribution is -2.28. The van der Waals surface area contributed by atoms with Crippen molar-refractivity contribution in [3.05, 3.63) is 85.1 Å². The molecule has 0 aromatic heterocycles. The van der Waals surface area contributed by atoms with E-state index in [9.17, 15) is 14.7 Å². The lowest BCUT2D eigenvalue weighted by atomic mass is 10.0. The minimum atomic E-state index is -0.773. The molecule has 0 amide bonds. The van der Waals surface area contributed by atoms with Crippen LogP contribution in [0.25, 0.3) is 0 Å². The normalized spacial score (nSPS) is 12.7. The first-order valence-corrected chi connectivity index (χ1v) is 37.1. The van der Waals surface area contributed by atoms with Crippen molar-refractivity contribution in [2.24, 2.45) is 0 Å². The van der Waals surface area contributed by atoms with Gasteiger partial charge < -0.3 is 14.6 Å². The maximum atomic E-state index is 12.4. The molecule has 0 fully saturated rings. The third-order valence-corrected chi connectivity index (χ3v) is 16.7. The molecule has 1 N–H and O–H groups in total. The van der Waals surface area contributed by atoms with E-state index in [2.05, 4.69) is 98.9 Å². The summed E-state index contributed by atoms with van der Waals surface area (Å²) in [5, 5.41) is 9.72. The van der Waals surface area contributed by atoms with Crippen LogP contribution in [0.3, 0.4) is 0 Å². The molecule has 0 rings (SSSR count). The molecule has 0 bridgehead atoms. The Morgan fingerprint density at radius 2 is 0.512 bits per heavy atom. The van der Waals surface area contributed by atoms with Crippen LogP contribution in [0.2, 0.25) is 0 Å². The number of allylic oxidation sites excluding steroid dienone is 14. The zero-order valence-corrected chi connectivity index (χ0v) is 56.2. The van der Waals surface area contributed by atoms with E-state index < -0.39 is 6.10 Å². The van der Waals surface area contributed by atoms with Crippen LogP contribution in [0, 0.1) is 0 Å². The highest BCUT2D eigenvalue weighted by Crippen LogP contribution is 2.19. The Bertz CT molecular complexity index is 1520. The third kappa shape index (κ3) is 71.6. The number of carbonyl (C=O) groups excluding carboxylic acids is 2. The zero-order valence-electron chi connectivity index (χ0n) is 56.2. The second kappa shape index (κ2) is 74.3. The fourth-order valence-electron chi connectivity index (χ4n) is 11.1. The number of esters is 2. The lowest BCUT2D eigenvalue weighted by Gasteiger charge is -2.15. The topological polar surface area (TPSA) is 72.8 Å². The molecule has 5 nitrogen and oxygen atoms in total. The monoisotopic (exact) mass is 1170 g/mol. The van der Waals surface area contributed by atoms with Crippen LogP contribution < -0.4 is 0 Å². The minimum absolute atomic E-state index is 0.0619. The Morgan fingerprint density at radius 1 is 0.286 bits per heavy atom. The summed E-state index contributed by atoms with van der Waals surface area (Å²) in [6.45, 7) is 4.08. The van der Waals surface area contributed by atoms with Crippen LogP contribution in [0.5, 0.6) is 0 Å². The molecular weight excluding hydrogens is 1030 g/mol. The first kappa shape index (κ1) is 81.1. The molecule has 0 aliphatic rings. The maximum absolute atomic E-state index is 12.4. The van der Waals surface area contributed by atoms with E-state index in [4.69, 9.17) is 9.47 Å². The quantitative estimate of drug-likeness (QED) is 0.0373. The van der Waals surface area contributed by atoms with E-state index in [1.165, 1.54) is 283 Å². The number of rotatable bonds is 69. The Labute approximate surface area is 524 Å². The molecule has 1 atom stereocenters. The van der Waals surface area contributed by atoms with Gasteiger partial charge in [-0.25, -0.2) is 0 Å². The maximum Gasteiger partial charge on any atom is 0.306 e. The summed E-state index contributed by atoms with van der Waals surface area (Å²) in [7, 11) is 0. The van der Waals surface area contributed by atoms with Crippen molar-refractivity contribution < 1.29 is 24.2 Å². The lowest BCUT2D eigenvalue weighted by molar-refractivity contribution is -0.161. The molecular formula is C79H142O5. The van der Waals surface area contributed by atoms with E-state index in [-0.39, 0.29) is 25.2 Å². The van der Waals surface area contributed by atoms with Crippen molar-refractivity contribution in [1.29, 1.82) is 0 Å². The van der Waals surface area contributed by atoms with Crippen molar-refractivity contribution in [1.82, 2.24) is 0 Å². The predicted molar refractivity (Wildman–Crippen MR) is 371 cm³/mol. The average Bonchev–Trinajstić information content (AvgIpc) is 3.51. The van der Waals surface area contributed by atoms with Crippen molar-refractivity contribution in [2.75, 3.05) is 13.2 Å². The van der Waals surface area contributed by atoms with E-state index in [1.54, 1.807) is 0 Å². The number of carbonyl (C=O) groups is 2. The average molecular weight is 1170 g/mol. The molecule has 488 valence electrons. The zero-order chi connectivity index (χ0) is 60.5. The molecule has 0 aromatic carbocycles. The van der Waals surface area contributed by atoms with Crippen LogP contribution >= 0.6 is 0 Å². The molecule has 0 aliphatic carbocycles. The first-order valence-electron chi connectivity index (χ1n) is 37.1. The molecule has 0 heterocycles. The van der Waals surface area contributed by atoms with Crippen LogP contribution in [0.15, 0.2) is 85.1 Å². The SMILES string of the molecule is CC/C=C\C/C=C\C/C=C\C/C=C\C/C=C\C/C=C\CCCCCCCCCCCCCCCCCCCCCCC(=O)OC(CO)COC(=O)CCCCCCCCCCCCCCCCCCCCC/C=C\CCCCCCCCCC. The first-order chi connectivity index (χ1) is 41.6. The summed E-state index contributed by atoms with van der Waals surface area (Å²) in [5.74, 6) is -0.570. The van der Waals surface area contributed by atoms with Gasteiger partial charge in [0.15, 0.2) is 6.10 Å². The number of ether oxygens (including phenoxy) is 2. The molecule has 0 saturated carbocycles. The molecule has 0 saturated heterocycles. The molecule has 0 spiro atoms. The molecule has 0 radical (unpaired) electrons. The smallest absolute Gasteiger partial charge is 0.306 e. The van der Waals surface area contributed by atoms with Gasteiger partial charge in [0.25, 0.3) is 0 Å². The van der Waals surface area contributed by atoms with Gasteiger partial charge in [0.1, 0.15) is 6.61 Å². The van der Waals surface area contributed by atoms with Gasteiger partial charge in [0.2, 0.25) is 0 Å². The summed E-state index contributed by atoms with van der Waals surface area (Å²) in [6, 6.07) is 0. The van der Waals surface area contributed by atoms with Crippen molar-refractivity contribution >= 4 is 11.9 Å². The summed E-state index contributed by atoms with van der Waals surface area (Å²) < 4.78 is 10.8. The van der Waals surface area contributed by atoms with Crippen molar-refractivity contribution in [2.45, 2.75) is 392 Å². The van der Waals surface area contributed by atoms with Gasteiger partial charge in [0, 0.05) is 12.8 Å². The number of aliphatic hydroxyl groups excluding tert-OH is 1. The Hall–Kier alpha value is -2.92. The largest absolute Gasteiger partial charge is 0.462 e. The van der Waals surface area contributed by atoms with Crippen LogP contribution in [0.1, 0.15) is 386 Å². The number of aliphatic hydroxyl groups is 1. The molecule has 1 unspecified atom stereocenters. The van der Waals surface area contributed by atoms with Gasteiger partial charge >= 0.3 is 11.9 Å². The van der Waals surface area contributed by atoms with Gasteiger partial charge in [-0.2, -0.15) is 0 Å². The summed E-state index contributed by atoms with van der Waals surface area (Å²) in [4.78, 5) is 24.7. The second-order valence-corrected chi connectivity index (χ2v) is 25.0. The highest BCUT2D eigenvalue weighted by atomic mass is 16.6. The third-order valence-electron chi connectivity index (χ3n) is 16.7. The van der Waals surface area contributed by atoms with Gasteiger partial charge in [-0.3, -0.25) is 9.59 Å². The van der Waals surface area contributed by atoms with E-state index in [1.807, 2.05) is 0 Å². The van der Waals surface area contributed by atoms with Crippen LogP contribution in [-0.4, -0.2) is 36.4 Å². The minimum Gasteiger partial charge on any atom is -0.462 e. The number of hydrogen-bond donors (Lipinski definition) is 1. The van der Waals surface area contributed by atoms with Crippen molar-refractivity contribution in [3.63, 3.8) is 0 Å². The Kier molecular flexibility index (Phi) is 71.7. The van der Waals surface area contributed by atoms with Gasteiger partial charge in [-0.05, 0) is 89.9 Å². The van der Waals surface area contributed by atoms with Crippen LogP contribution in [-0.2, 0) is 19.1 Å². The number of hydrogen-bond acceptors (Lipinski definition) is 5. The summed E-state index contributed by atoms with van der Waals surface area (Å²) >= 11 is 0.